The summed E-state index contributed by atoms with van der Waals surface area (Å²) in [5.74, 6) is 0.757. The van der Waals surface area contributed by atoms with Crippen molar-refractivity contribution in [3.8, 4) is 5.75 Å². The molecule has 0 bridgehead atoms. The third-order valence-corrected chi connectivity index (χ3v) is 3.85. The van der Waals surface area contributed by atoms with Gasteiger partial charge in [0.1, 0.15) is 5.75 Å². The fourth-order valence-corrected chi connectivity index (χ4v) is 2.64. The summed E-state index contributed by atoms with van der Waals surface area (Å²) in [5, 5.41) is 0.649. The first-order valence-electron chi connectivity index (χ1n) is 7.07. The van der Waals surface area contributed by atoms with Crippen LogP contribution in [-0.4, -0.2) is 31.1 Å². The Balaban J connectivity index is 1.76. The predicted octanol–water partition coefficient (Wildman–Crippen LogP) is 3.22. The Morgan fingerprint density at radius 3 is 2.74 bits per heavy atom. The molecule has 1 fully saturated rings. The molecule has 19 heavy (non-hydrogen) atoms. The average Bonchev–Trinajstić information content (AvgIpc) is 2.89. The lowest BCUT2D eigenvalue weighted by Crippen LogP contribution is -2.21. The lowest BCUT2D eigenvalue weighted by Gasteiger charge is -2.15. The first-order valence-corrected chi connectivity index (χ1v) is 7.45. The van der Waals surface area contributed by atoms with Crippen molar-refractivity contribution in [1.82, 2.24) is 4.90 Å². The molecule has 1 aromatic rings. The zero-order valence-corrected chi connectivity index (χ0v) is 12.3. The van der Waals surface area contributed by atoms with Crippen LogP contribution in [0.4, 0.5) is 0 Å². The first-order chi connectivity index (χ1) is 9.16. The Hall–Kier alpha value is -0.770. The predicted molar refractivity (Wildman–Crippen MR) is 79.8 cm³/mol. The van der Waals surface area contributed by atoms with Crippen molar-refractivity contribution in [3.05, 3.63) is 28.8 Å². The molecule has 0 radical (unpaired) electrons. The van der Waals surface area contributed by atoms with Gasteiger partial charge in [-0.15, -0.1) is 0 Å². The molecule has 0 aliphatic carbocycles. The minimum Gasteiger partial charge on any atom is -0.492 e. The van der Waals surface area contributed by atoms with E-state index < -0.39 is 0 Å². The maximum Gasteiger partial charge on any atom is 0.137 e. The van der Waals surface area contributed by atoms with Gasteiger partial charge in [0, 0.05) is 12.6 Å². The number of ether oxygens (including phenoxy) is 1. The molecule has 1 aliphatic rings. The minimum atomic E-state index is 0.00159. The summed E-state index contributed by atoms with van der Waals surface area (Å²) in [5.41, 5.74) is 6.86. The van der Waals surface area contributed by atoms with Crippen molar-refractivity contribution in [3.63, 3.8) is 0 Å². The molecule has 4 heteroatoms. The van der Waals surface area contributed by atoms with Gasteiger partial charge < -0.3 is 15.4 Å². The second-order valence-corrected chi connectivity index (χ2v) is 5.64. The fraction of sp³-hybridized carbons (Fsp3) is 0.600. The van der Waals surface area contributed by atoms with Crippen molar-refractivity contribution in [1.29, 1.82) is 0 Å². The molecule has 1 aromatic carbocycles. The number of rotatable bonds is 6. The van der Waals surface area contributed by atoms with E-state index in [1.165, 1.54) is 25.9 Å². The van der Waals surface area contributed by atoms with E-state index in [9.17, 15) is 0 Å². The zero-order valence-electron chi connectivity index (χ0n) is 11.6. The van der Waals surface area contributed by atoms with Crippen LogP contribution in [0.3, 0.4) is 0 Å². The zero-order chi connectivity index (χ0) is 13.7. The highest BCUT2D eigenvalue weighted by Crippen LogP contribution is 2.27. The largest absolute Gasteiger partial charge is 0.492 e. The summed E-state index contributed by atoms with van der Waals surface area (Å²) in [4.78, 5) is 2.49. The number of likely N-dealkylation sites (tertiary alicyclic amines) is 1. The van der Waals surface area contributed by atoms with Gasteiger partial charge >= 0.3 is 0 Å². The molecule has 0 aromatic heterocycles. The molecule has 1 saturated heterocycles. The van der Waals surface area contributed by atoms with E-state index in [2.05, 4.69) is 4.90 Å². The monoisotopic (exact) mass is 282 g/mol. The van der Waals surface area contributed by atoms with Crippen molar-refractivity contribution in [2.45, 2.75) is 32.2 Å². The number of benzene rings is 1. The molecule has 1 atom stereocenters. The molecule has 106 valence electrons. The smallest absolute Gasteiger partial charge is 0.137 e. The molecule has 1 aliphatic heterocycles. The number of hydrogen-bond acceptors (Lipinski definition) is 3. The molecular formula is C15H23ClN2O. The SMILES string of the molecule is C[C@@H](N)c1ccc(OCCCN2CCCC2)c(Cl)c1. The number of nitrogens with zero attached hydrogens (tertiary/aromatic N) is 1. The van der Waals surface area contributed by atoms with Crippen LogP contribution in [-0.2, 0) is 0 Å². The molecule has 0 spiro atoms. The van der Waals surface area contributed by atoms with Crippen molar-refractivity contribution in [2.75, 3.05) is 26.2 Å². The highest BCUT2D eigenvalue weighted by molar-refractivity contribution is 6.32. The first kappa shape index (κ1) is 14.6. The summed E-state index contributed by atoms with van der Waals surface area (Å²) in [7, 11) is 0. The summed E-state index contributed by atoms with van der Waals surface area (Å²) >= 11 is 6.19. The molecule has 2 rings (SSSR count). The van der Waals surface area contributed by atoms with Gasteiger partial charge in [-0.05, 0) is 57.0 Å². The number of hydrogen-bond donors (Lipinski definition) is 1. The number of nitrogens with two attached hydrogens (primary N) is 1. The van der Waals surface area contributed by atoms with Gasteiger partial charge in [-0.25, -0.2) is 0 Å². The second kappa shape index (κ2) is 7.13. The van der Waals surface area contributed by atoms with Crippen molar-refractivity contribution < 1.29 is 4.74 Å². The Bertz CT molecular complexity index is 403. The van der Waals surface area contributed by atoms with Gasteiger partial charge in [0.05, 0.1) is 11.6 Å². The summed E-state index contributed by atoms with van der Waals surface area (Å²) < 4.78 is 5.73. The van der Waals surface area contributed by atoms with Gasteiger partial charge in [0.25, 0.3) is 0 Å². The Morgan fingerprint density at radius 1 is 1.37 bits per heavy atom. The Kier molecular flexibility index (Phi) is 5.49. The van der Waals surface area contributed by atoms with E-state index in [4.69, 9.17) is 22.1 Å². The van der Waals surface area contributed by atoms with Gasteiger partial charge in [0.2, 0.25) is 0 Å². The normalized spacial score (nSPS) is 17.6. The fourth-order valence-electron chi connectivity index (χ4n) is 2.39. The van der Waals surface area contributed by atoms with Crippen LogP contribution in [0.15, 0.2) is 18.2 Å². The maximum absolute atomic E-state index is 6.19. The van der Waals surface area contributed by atoms with Crippen LogP contribution in [0.25, 0.3) is 0 Å². The Labute approximate surface area is 120 Å². The summed E-state index contributed by atoms with van der Waals surface area (Å²) in [6, 6.07) is 5.78. The Morgan fingerprint density at radius 2 is 2.11 bits per heavy atom. The number of halogens is 1. The van der Waals surface area contributed by atoms with Gasteiger partial charge in [-0.1, -0.05) is 17.7 Å². The van der Waals surface area contributed by atoms with Crippen LogP contribution in [0.5, 0.6) is 5.75 Å². The summed E-state index contributed by atoms with van der Waals surface area (Å²) in [6.45, 7) is 6.26. The topological polar surface area (TPSA) is 38.5 Å². The van der Waals surface area contributed by atoms with Crippen molar-refractivity contribution in [2.24, 2.45) is 5.73 Å². The standard InChI is InChI=1S/C15H23ClN2O/c1-12(17)13-5-6-15(14(16)11-13)19-10-4-9-18-7-2-3-8-18/h5-6,11-12H,2-4,7-10,17H2,1H3/t12-/m1/s1. The highest BCUT2D eigenvalue weighted by atomic mass is 35.5. The molecule has 0 amide bonds. The quantitative estimate of drug-likeness (QED) is 0.814. The van der Waals surface area contributed by atoms with E-state index in [0.717, 1.165) is 24.3 Å². The molecule has 0 unspecified atom stereocenters. The van der Waals surface area contributed by atoms with Crippen LogP contribution < -0.4 is 10.5 Å². The van der Waals surface area contributed by atoms with Gasteiger partial charge in [-0.2, -0.15) is 0 Å². The highest BCUT2D eigenvalue weighted by Gasteiger charge is 2.11. The lowest BCUT2D eigenvalue weighted by molar-refractivity contribution is 0.263. The van der Waals surface area contributed by atoms with Crippen LogP contribution >= 0.6 is 11.6 Å². The van der Waals surface area contributed by atoms with E-state index >= 15 is 0 Å². The molecule has 0 saturated carbocycles. The molecule has 3 nitrogen and oxygen atoms in total. The van der Waals surface area contributed by atoms with Gasteiger partial charge in [-0.3, -0.25) is 0 Å². The van der Waals surface area contributed by atoms with E-state index in [1.807, 2.05) is 25.1 Å². The molecule has 1 heterocycles. The van der Waals surface area contributed by atoms with E-state index in [1.54, 1.807) is 0 Å². The van der Waals surface area contributed by atoms with Crippen LogP contribution in [0.1, 0.15) is 37.8 Å². The van der Waals surface area contributed by atoms with E-state index in [-0.39, 0.29) is 6.04 Å². The molecular weight excluding hydrogens is 260 g/mol. The van der Waals surface area contributed by atoms with Crippen LogP contribution in [0.2, 0.25) is 5.02 Å². The van der Waals surface area contributed by atoms with E-state index in [0.29, 0.717) is 11.6 Å². The second-order valence-electron chi connectivity index (χ2n) is 5.23. The molecule has 2 N–H and O–H groups in total. The van der Waals surface area contributed by atoms with Crippen molar-refractivity contribution >= 4 is 11.6 Å². The third-order valence-electron chi connectivity index (χ3n) is 3.56. The lowest BCUT2D eigenvalue weighted by atomic mass is 10.1. The average molecular weight is 283 g/mol. The minimum absolute atomic E-state index is 0.00159. The van der Waals surface area contributed by atoms with Gasteiger partial charge in [0.15, 0.2) is 0 Å². The van der Waals surface area contributed by atoms with Crippen LogP contribution in [0, 0.1) is 0 Å². The summed E-state index contributed by atoms with van der Waals surface area (Å²) in [6.07, 6.45) is 3.72. The third kappa shape index (κ3) is 4.37. The maximum atomic E-state index is 6.19.